The van der Waals surface area contributed by atoms with E-state index in [9.17, 15) is 13.2 Å². The normalized spacial score (nSPS) is 12.7. The number of ether oxygens (including phenoxy) is 2. The van der Waals surface area contributed by atoms with Gasteiger partial charge >= 0.3 is 0 Å². The van der Waals surface area contributed by atoms with Crippen LogP contribution in [0.15, 0.2) is 36.4 Å². The average molecular weight is 417 g/mol. The van der Waals surface area contributed by atoms with Crippen molar-refractivity contribution in [1.29, 1.82) is 0 Å². The molecule has 7 nitrogen and oxygen atoms in total. The number of nitrogens with one attached hydrogen (secondary N) is 1. The maximum atomic E-state index is 12.4. The maximum absolute atomic E-state index is 12.4. The first-order valence-corrected chi connectivity index (χ1v) is 9.97. The molecule has 1 aliphatic rings. The summed E-state index contributed by atoms with van der Waals surface area (Å²) in [5.41, 5.74) is 0.576. The lowest BCUT2D eigenvalue weighted by Crippen LogP contribution is -2.37. The Morgan fingerprint density at radius 3 is 2.62 bits per heavy atom. The molecular weight excluding hydrogens is 403 g/mol. The highest BCUT2D eigenvalue weighted by molar-refractivity contribution is 7.92. The Bertz CT molecular complexity index is 965. The predicted molar refractivity (Wildman–Crippen MR) is 99.8 cm³/mol. The molecule has 0 fully saturated rings. The average Bonchev–Trinajstić information content (AvgIpc) is 3.02. The third-order valence-electron chi connectivity index (χ3n) is 3.53. The molecule has 3 rings (SSSR count). The van der Waals surface area contributed by atoms with Crippen molar-refractivity contribution < 1.29 is 22.7 Å². The van der Waals surface area contributed by atoms with Gasteiger partial charge in [0.1, 0.15) is 6.54 Å². The van der Waals surface area contributed by atoms with Gasteiger partial charge in [0.25, 0.3) is 0 Å². The van der Waals surface area contributed by atoms with Crippen molar-refractivity contribution in [2.24, 2.45) is 0 Å². The van der Waals surface area contributed by atoms with Crippen molar-refractivity contribution >= 4 is 50.5 Å². The zero-order valence-corrected chi connectivity index (χ0v) is 15.9. The van der Waals surface area contributed by atoms with Crippen LogP contribution in [0.5, 0.6) is 11.5 Å². The van der Waals surface area contributed by atoms with Crippen LogP contribution in [0, 0.1) is 0 Å². The van der Waals surface area contributed by atoms with E-state index in [0.717, 1.165) is 10.6 Å². The van der Waals surface area contributed by atoms with Crippen molar-refractivity contribution in [3.63, 3.8) is 0 Å². The SMILES string of the molecule is CS(=O)(=O)N(CC(=O)Nc1cc(Cl)ccc1Cl)c1ccc2c(c1)OCO2. The number of rotatable bonds is 5. The second kappa shape index (κ2) is 7.22. The number of sulfonamides is 1. The molecule has 0 aliphatic carbocycles. The predicted octanol–water partition coefficient (Wildman–Crippen LogP) is 3.13. The largest absolute Gasteiger partial charge is 0.454 e. The molecule has 1 heterocycles. The van der Waals surface area contributed by atoms with Gasteiger partial charge in [-0.1, -0.05) is 23.2 Å². The molecule has 2 aromatic rings. The van der Waals surface area contributed by atoms with Crippen LogP contribution < -0.4 is 19.1 Å². The highest BCUT2D eigenvalue weighted by Crippen LogP contribution is 2.36. The summed E-state index contributed by atoms with van der Waals surface area (Å²) in [7, 11) is -3.72. The highest BCUT2D eigenvalue weighted by atomic mass is 35.5. The van der Waals surface area contributed by atoms with E-state index in [1.165, 1.54) is 24.3 Å². The summed E-state index contributed by atoms with van der Waals surface area (Å²) >= 11 is 11.9. The molecule has 0 atom stereocenters. The van der Waals surface area contributed by atoms with Gasteiger partial charge in [0, 0.05) is 11.1 Å². The Morgan fingerprint density at radius 1 is 1.15 bits per heavy atom. The van der Waals surface area contributed by atoms with E-state index in [2.05, 4.69) is 5.32 Å². The second-order valence-corrected chi connectivity index (χ2v) is 8.23. The summed E-state index contributed by atoms with van der Waals surface area (Å²) in [4.78, 5) is 12.4. The van der Waals surface area contributed by atoms with Crippen LogP contribution in [0.1, 0.15) is 0 Å². The summed E-state index contributed by atoms with van der Waals surface area (Å²) in [6.07, 6.45) is 1.01. The smallest absolute Gasteiger partial charge is 0.245 e. The number of carbonyl (C=O) groups is 1. The molecule has 0 bridgehead atoms. The minimum absolute atomic E-state index is 0.0609. The molecule has 0 aromatic heterocycles. The van der Waals surface area contributed by atoms with E-state index in [1.54, 1.807) is 12.1 Å². The van der Waals surface area contributed by atoms with E-state index < -0.39 is 22.5 Å². The van der Waals surface area contributed by atoms with Gasteiger partial charge in [-0.2, -0.15) is 0 Å². The fourth-order valence-corrected chi connectivity index (χ4v) is 3.54. The lowest BCUT2D eigenvalue weighted by atomic mass is 10.2. The molecule has 1 N–H and O–H groups in total. The first-order valence-electron chi connectivity index (χ1n) is 7.36. The van der Waals surface area contributed by atoms with Gasteiger partial charge in [-0.05, 0) is 30.3 Å². The van der Waals surface area contributed by atoms with E-state index >= 15 is 0 Å². The van der Waals surface area contributed by atoms with Crippen molar-refractivity contribution in [1.82, 2.24) is 0 Å². The van der Waals surface area contributed by atoms with Crippen LogP contribution in [-0.2, 0) is 14.8 Å². The lowest BCUT2D eigenvalue weighted by Gasteiger charge is -2.22. The van der Waals surface area contributed by atoms with Gasteiger partial charge in [-0.15, -0.1) is 0 Å². The summed E-state index contributed by atoms with van der Waals surface area (Å²) in [6.45, 7) is -0.382. The van der Waals surface area contributed by atoms with Gasteiger partial charge < -0.3 is 14.8 Å². The number of amides is 1. The molecule has 26 heavy (non-hydrogen) atoms. The van der Waals surface area contributed by atoms with E-state index in [4.69, 9.17) is 32.7 Å². The topological polar surface area (TPSA) is 84.9 Å². The fraction of sp³-hybridized carbons (Fsp3) is 0.188. The number of fused-ring (bicyclic) bond motifs is 1. The minimum atomic E-state index is -3.72. The Kier molecular flexibility index (Phi) is 5.17. The van der Waals surface area contributed by atoms with Crippen LogP contribution in [0.2, 0.25) is 10.0 Å². The number of anilines is 2. The van der Waals surface area contributed by atoms with Gasteiger partial charge in [0.15, 0.2) is 11.5 Å². The van der Waals surface area contributed by atoms with Crippen molar-refractivity contribution in [2.75, 3.05) is 29.2 Å². The molecule has 0 radical (unpaired) electrons. The molecule has 10 heteroatoms. The van der Waals surface area contributed by atoms with E-state index in [0.29, 0.717) is 22.2 Å². The summed E-state index contributed by atoms with van der Waals surface area (Å²) in [5, 5.41) is 3.24. The summed E-state index contributed by atoms with van der Waals surface area (Å²) in [5.74, 6) is 0.351. The molecule has 2 aromatic carbocycles. The zero-order valence-electron chi connectivity index (χ0n) is 13.5. The van der Waals surface area contributed by atoms with Gasteiger partial charge in [0.2, 0.25) is 22.7 Å². The molecule has 1 amide bonds. The second-order valence-electron chi connectivity index (χ2n) is 5.48. The number of carbonyl (C=O) groups excluding carboxylic acids is 1. The van der Waals surface area contributed by atoms with Crippen molar-refractivity contribution in [3.8, 4) is 11.5 Å². The third-order valence-corrected chi connectivity index (χ3v) is 5.24. The van der Waals surface area contributed by atoms with Crippen molar-refractivity contribution in [3.05, 3.63) is 46.4 Å². The molecule has 0 spiro atoms. The molecule has 138 valence electrons. The van der Waals surface area contributed by atoms with Crippen LogP contribution in [0.4, 0.5) is 11.4 Å². The Morgan fingerprint density at radius 2 is 1.88 bits per heavy atom. The molecule has 0 saturated carbocycles. The number of hydrogen-bond acceptors (Lipinski definition) is 5. The third kappa shape index (κ3) is 4.14. The first-order chi connectivity index (χ1) is 12.2. The van der Waals surface area contributed by atoms with Gasteiger partial charge in [-0.25, -0.2) is 8.42 Å². The fourth-order valence-electron chi connectivity index (χ4n) is 2.35. The number of hydrogen-bond donors (Lipinski definition) is 1. The van der Waals surface area contributed by atoms with E-state index in [1.807, 2.05) is 0 Å². The Balaban J connectivity index is 1.83. The van der Waals surface area contributed by atoms with E-state index in [-0.39, 0.29) is 17.5 Å². The standard InChI is InChI=1S/C16H14Cl2N2O5S/c1-26(22,23)20(11-3-5-14-15(7-11)25-9-24-14)8-16(21)19-13-6-10(17)2-4-12(13)18/h2-7H,8-9H2,1H3,(H,19,21). The molecular formula is C16H14Cl2N2O5S. The van der Waals surface area contributed by atoms with Crippen LogP contribution in [-0.4, -0.2) is 33.9 Å². The molecule has 0 unspecified atom stereocenters. The maximum Gasteiger partial charge on any atom is 0.245 e. The van der Waals surface area contributed by atoms with Gasteiger partial charge in [-0.3, -0.25) is 9.10 Å². The number of nitrogens with zero attached hydrogens (tertiary/aromatic N) is 1. The Labute approximate surface area is 160 Å². The summed E-state index contributed by atoms with van der Waals surface area (Å²) in [6, 6.07) is 9.21. The number of halogens is 2. The highest BCUT2D eigenvalue weighted by Gasteiger charge is 2.24. The minimum Gasteiger partial charge on any atom is -0.454 e. The monoisotopic (exact) mass is 416 g/mol. The van der Waals surface area contributed by atoms with Crippen LogP contribution in [0.3, 0.4) is 0 Å². The first kappa shape index (κ1) is 18.6. The van der Waals surface area contributed by atoms with Crippen molar-refractivity contribution in [2.45, 2.75) is 0 Å². The Hall–Kier alpha value is -2.16. The quantitative estimate of drug-likeness (QED) is 0.808. The van der Waals surface area contributed by atoms with Crippen LogP contribution >= 0.6 is 23.2 Å². The summed E-state index contributed by atoms with van der Waals surface area (Å²) < 4.78 is 35.8. The van der Waals surface area contributed by atoms with Crippen LogP contribution in [0.25, 0.3) is 0 Å². The molecule has 1 aliphatic heterocycles. The molecule has 0 saturated heterocycles. The zero-order chi connectivity index (χ0) is 18.9. The lowest BCUT2D eigenvalue weighted by molar-refractivity contribution is -0.114. The van der Waals surface area contributed by atoms with Gasteiger partial charge in [0.05, 0.1) is 22.7 Å². The number of benzene rings is 2.